The first-order valence-corrected chi connectivity index (χ1v) is 7.84. The number of aliphatic carboxylic acids is 1. The fraction of sp³-hybridized carbons (Fsp3) is 0.500. The van der Waals surface area contributed by atoms with Gasteiger partial charge in [-0.3, -0.25) is 9.78 Å². The van der Waals surface area contributed by atoms with Crippen molar-refractivity contribution < 1.29 is 14.7 Å². The van der Waals surface area contributed by atoms with Crippen LogP contribution in [-0.2, 0) is 15.3 Å². The largest absolute Gasteiger partial charge is 0.480 e. The molecule has 6 heteroatoms. The molecule has 1 N–H and O–H groups in total. The number of carbonyl (C=O) groups excluding carboxylic acids is 1. The van der Waals surface area contributed by atoms with E-state index in [1.165, 1.54) is 16.7 Å². The van der Waals surface area contributed by atoms with Crippen LogP contribution in [0.1, 0.15) is 25.0 Å². The normalized spacial score (nSPS) is 18.8. The summed E-state index contributed by atoms with van der Waals surface area (Å²) in [7, 11) is 0. The highest BCUT2D eigenvalue weighted by Gasteiger charge is 2.31. The van der Waals surface area contributed by atoms with Gasteiger partial charge < -0.3 is 10.0 Å². The Balaban J connectivity index is 1.83. The Morgan fingerprint density at radius 3 is 2.95 bits per heavy atom. The van der Waals surface area contributed by atoms with Gasteiger partial charge in [0.25, 0.3) is 0 Å². The number of piperidine rings is 1. The molecule has 5 nitrogen and oxygen atoms in total. The predicted octanol–water partition coefficient (Wildman–Crippen LogP) is 1.78. The van der Waals surface area contributed by atoms with E-state index in [2.05, 4.69) is 4.98 Å². The highest BCUT2D eigenvalue weighted by atomic mass is 32.2. The Morgan fingerprint density at radius 2 is 2.25 bits per heavy atom. The molecule has 20 heavy (non-hydrogen) atoms. The fourth-order valence-electron chi connectivity index (χ4n) is 2.30. The molecular formula is C14H18N2O3S. The van der Waals surface area contributed by atoms with E-state index in [-0.39, 0.29) is 5.91 Å². The zero-order chi connectivity index (χ0) is 14.4. The van der Waals surface area contributed by atoms with Gasteiger partial charge in [0.05, 0.1) is 11.4 Å². The lowest BCUT2D eigenvalue weighted by molar-refractivity contribution is -0.150. The summed E-state index contributed by atoms with van der Waals surface area (Å²) >= 11 is 1.48. The summed E-state index contributed by atoms with van der Waals surface area (Å²) in [5, 5.41) is 9.15. The number of aromatic nitrogens is 1. The van der Waals surface area contributed by atoms with Crippen LogP contribution in [-0.4, -0.2) is 45.2 Å². The number of pyridine rings is 1. The second kappa shape index (κ2) is 7.28. The lowest BCUT2D eigenvalue weighted by atomic mass is 10.0. The van der Waals surface area contributed by atoms with Crippen molar-refractivity contribution in [3.8, 4) is 0 Å². The van der Waals surface area contributed by atoms with Crippen molar-refractivity contribution in [2.75, 3.05) is 12.3 Å². The average Bonchev–Trinajstić information content (AvgIpc) is 2.48. The molecule has 0 bridgehead atoms. The number of nitrogens with zero attached hydrogens (tertiary/aromatic N) is 2. The summed E-state index contributed by atoms with van der Waals surface area (Å²) in [6.07, 6.45) is 4.05. The third-order valence-corrected chi connectivity index (χ3v) is 4.26. The van der Waals surface area contributed by atoms with Crippen LogP contribution in [0.15, 0.2) is 24.4 Å². The van der Waals surface area contributed by atoms with Crippen LogP contribution in [0.25, 0.3) is 0 Å². The van der Waals surface area contributed by atoms with E-state index in [4.69, 9.17) is 5.11 Å². The van der Waals surface area contributed by atoms with E-state index in [1.54, 1.807) is 6.20 Å². The molecule has 2 heterocycles. The van der Waals surface area contributed by atoms with Crippen molar-refractivity contribution in [3.63, 3.8) is 0 Å². The van der Waals surface area contributed by atoms with Gasteiger partial charge in [0.1, 0.15) is 6.04 Å². The number of carboxylic acids is 1. The molecule has 1 aromatic rings. The molecule has 1 amide bonds. The van der Waals surface area contributed by atoms with Crippen LogP contribution in [0.3, 0.4) is 0 Å². The monoisotopic (exact) mass is 294 g/mol. The first-order valence-electron chi connectivity index (χ1n) is 6.68. The van der Waals surface area contributed by atoms with Gasteiger partial charge in [0, 0.05) is 18.5 Å². The fourth-order valence-corrected chi connectivity index (χ4v) is 3.12. The van der Waals surface area contributed by atoms with Crippen molar-refractivity contribution in [1.29, 1.82) is 0 Å². The Morgan fingerprint density at radius 1 is 1.40 bits per heavy atom. The maximum absolute atomic E-state index is 12.1. The molecule has 0 radical (unpaired) electrons. The molecule has 0 spiro atoms. The molecule has 1 aliphatic heterocycles. The summed E-state index contributed by atoms with van der Waals surface area (Å²) < 4.78 is 0. The van der Waals surface area contributed by atoms with Gasteiger partial charge in [0.2, 0.25) is 5.91 Å². The van der Waals surface area contributed by atoms with Crippen LogP contribution in [0, 0.1) is 0 Å². The number of hydrogen-bond donors (Lipinski definition) is 1. The minimum Gasteiger partial charge on any atom is -0.480 e. The zero-order valence-electron chi connectivity index (χ0n) is 11.2. The molecule has 108 valence electrons. The molecular weight excluding hydrogens is 276 g/mol. The van der Waals surface area contributed by atoms with Crippen LogP contribution < -0.4 is 0 Å². The highest BCUT2D eigenvalue weighted by Crippen LogP contribution is 2.19. The lowest BCUT2D eigenvalue weighted by Crippen LogP contribution is -2.48. The maximum Gasteiger partial charge on any atom is 0.326 e. The SMILES string of the molecule is O=C(O)C1CCCCN1C(=O)CSCc1ccccn1. The second-order valence-corrected chi connectivity index (χ2v) is 5.74. The van der Waals surface area contributed by atoms with Crippen LogP contribution >= 0.6 is 11.8 Å². The lowest BCUT2D eigenvalue weighted by Gasteiger charge is -2.32. The number of likely N-dealkylation sites (tertiary alicyclic amines) is 1. The minimum atomic E-state index is -0.896. The minimum absolute atomic E-state index is 0.0852. The molecule has 1 unspecified atom stereocenters. The maximum atomic E-state index is 12.1. The first kappa shape index (κ1) is 14.8. The van der Waals surface area contributed by atoms with E-state index in [0.29, 0.717) is 24.5 Å². The molecule has 2 rings (SSSR count). The van der Waals surface area contributed by atoms with E-state index >= 15 is 0 Å². The highest BCUT2D eigenvalue weighted by molar-refractivity contribution is 7.99. The molecule has 1 atom stereocenters. The van der Waals surface area contributed by atoms with Crippen LogP contribution in [0.2, 0.25) is 0 Å². The van der Waals surface area contributed by atoms with Gasteiger partial charge >= 0.3 is 5.97 Å². The van der Waals surface area contributed by atoms with Gasteiger partial charge in [-0.1, -0.05) is 6.07 Å². The summed E-state index contributed by atoms with van der Waals surface area (Å²) in [5.74, 6) is -0.00999. The Bertz CT molecular complexity index is 467. The third kappa shape index (κ3) is 3.96. The first-order chi connectivity index (χ1) is 9.68. The van der Waals surface area contributed by atoms with Crippen LogP contribution in [0.4, 0.5) is 0 Å². The number of amides is 1. The summed E-state index contributed by atoms with van der Waals surface area (Å²) in [5.41, 5.74) is 0.929. The standard InChI is InChI=1S/C14H18N2O3S/c17-13(10-20-9-11-5-1-3-7-15-11)16-8-4-2-6-12(16)14(18)19/h1,3,5,7,12H,2,4,6,8-10H2,(H,18,19). The van der Waals surface area contributed by atoms with Crippen LogP contribution in [0.5, 0.6) is 0 Å². The smallest absolute Gasteiger partial charge is 0.326 e. The van der Waals surface area contributed by atoms with Crippen molar-refractivity contribution >= 4 is 23.6 Å². The Labute approximate surface area is 122 Å². The molecule has 1 fully saturated rings. The van der Waals surface area contributed by atoms with Gasteiger partial charge in [-0.25, -0.2) is 4.79 Å². The van der Waals surface area contributed by atoms with E-state index in [9.17, 15) is 9.59 Å². The van der Waals surface area contributed by atoms with Crippen molar-refractivity contribution in [2.45, 2.75) is 31.1 Å². The zero-order valence-corrected chi connectivity index (χ0v) is 12.0. The molecule has 0 aliphatic carbocycles. The second-order valence-electron chi connectivity index (χ2n) is 4.75. The summed E-state index contributed by atoms with van der Waals surface area (Å²) in [4.78, 5) is 29.0. The number of rotatable bonds is 5. The van der Waals surface area contributed by atoms with Gasteiger partial charge in [0.15, 0.2) is 0 Å². The number of thioether (sulfide) groups is 1. The van der Waals surface area contributed by atoms with Gasteiger partial charge in [-0.2, -0.15) is 0 Å². The predicted molar refractivity (Wildman–Crippen MR) is 77.4 cm³/mol. The summed E-state index contributed by atoms with van der Waals surface area (Å²) in [6.45, 7) is 0.556. The van der Waals surface area contributed by atoms with E-state index < -0.39 is 12.0 Å². The van der Waals surface area contributed by atoms with E-state index in [1.807, 2.05) is 18.2 Å². The third-order valence-electron chi connectivity index (χ3n) is 3.31. The van der Waals surface area contributed by atoms with E-state index in [0.717, 1.165) is 18.5 Å². The Hall–Kier alpha value is -1.56. The summed E-state index contributed by atoms with van der Waals surface area (Å²) in [6, 6.07) is 5.03. The van der Waals surface area contributed by atoms with Crippen molar-refractivity contribution in [3.05, 3.63) is 30.1 Å². The number of carbonyl (C=O) groups is 2. The average molecular weight is 294 g/mol. The topological polar surface area (TPSA) is 70.5 Å². The molecule has 1 aliphatic rings. The number of carboxylic acid groups (broad SMARTS) is 1. The van der Waals surface area contributed by atoms with Crippen molar-refractivity contribution in [2.24, 2.45) is 0 Å². The van der Waals surface area contributed by atoms with Gasteiger partial charge in [-0.05, 0) is 31.4 Å². The molecule has 0 aromatic carbocycles. The Kier molecular flexibility index (Phi) is 5.40. The van der Waals surface area contributed by atoms with Gasteiger partial charge in [-0.15, -0.1) is 11.8 Å². The molecule has 1 aromatic heterocycles. The molecule has 1 saturated heterocycles. The molecule has 0 saturated carbocycles. The van der Waals surface area contributed by atoms with Crippen molar-refractivity contribution in [1.82, 2.24) is 9.88 Å². The quantitative estimate of drug-likeness (QED) is 0.896. The number of hydrogen-bond acceptors (Lipinski definition) is 4.